The molecule has 0 aliphatic carbocycles. The summed E-state index contributed by atoms with van der Waals surface area (Å²) >= 11 is 0. The number of benzene rings is 2. The molecule has 0 heterocycles. The summed E-state index contributed by atoms with van der Waals surface area (Å²) in [6.45, 7) is 8.16. The number of aliphatic imine (C=N–C) groups is 1. The molecule has 0 saturated carbocycles. The summed E-state index contributed by atoms with van der Waals surface area (Å²) in [5.74, 6) is 0.203. The average Bonchev–Trinajstić information content (AvgIpc) is 2.67. The fourth-order valence-electron chi connectivity index (χ4n) is 3.02. The van der Waals surface area contributed by atoms with Gasteiger partial charge in [-0.15, -0.1) is 0 Å². The Balaban J connectivity index is 2.38. The van der Waals surface area contributed by atoms with Crippen LogP contribution < -0.4 is 16.8 Å². The van der Waals surface area contributed by atoms with E-state index in [9.17, 15) is 4.79 Å². The van der Waals surface area contributed by atoms with Gasteiger partial charge in [-0.1, -0.05) is 32.0 Å². The largest absolute Gasteiger partial charge is 0.404 e. The van der Waals surface area contributed by atoms with Crippen molar-refractivity contribution in [3.63, 3.8) is 0 Å². The van der Waals surface area contributed by atoms with Crippen molar-refractivity contribution in [1.29, 1.82) is 0 Å². The van der Waals surface area contributed by atoms with Gasteiger partial charge in [0.05, 0.1) is 6.04 Å². The summed E-state index contributed by atoms with van der Waals surface area (Å²) in [6.07, 6.45) is 3.29. The van der Waals surface area contributed by atoms with Crippen molar-refractivity contribution in [1.82, 2.24) is 5.32 Å². The van der Waals surface area contributed by atoms with E-state index in [-0.39, 0.29) is 11.9 Å². The molecular formula is C23H30N4O. The smallest absolute Gasteiger partial charge is 0.252 e. The normalized spacial score (nSPS) is 13.1. The number of aryl methyl sites for hydroxylation is 1. The molecule has 0 aliphatic heterocycles. The summed E-state index contributed by atoms with van der Waals surface area (Å²) < 4.78 is 0. The Morgan fingerprint density at radius 2 is 1.79 bits per heavy atom. The Morgan fingerprint density at radius 3 is 2.39 bits per heavy atom. The number of hydrogen-bond donors (Lipinski definition) is 3. The van der Waals surface area contributed by atoms with Gasteiger partial charge in [0.15, 0.2) is 0 Å². The molecule has 2 rings (SSSR count). The molecule has 1 unspecified atom stereocenters. The number of nitrogen functional groups attached to an aromatic ring is 1. The molecule has 28 heavy (non-hydrogen) atoms. The molecular weight excluding hydrogens is 348 g/mol. The number of nitrogens with zero attached hydrogens (tertiary/aromatic N) is 1. The zero-order valence-corrected chi connectivity index (χ0v) is 17.3. The Labute approximate surface area is 167 Å². The zero-order chi connectivity index (χ0) is 20.8. The first-order valence-corrected chi connectivity index (χ1v) is 9.43. The van der Waals surface area contributed by atoms with Gasteiger partial charge in [-0.3, -0.25) is 9.79 Å². The van der Waals surface area contributed by atoms with Crippen LogP contribution in [0.1, 0.15) is 65.3 Å². The quantitative estimate of drug-likeness (QED) is 0.520. The van der Waals surface area contributed by atoms with Crippen LogP contribution in [0.4, 0.5) is 5.69 Å². The van der Waals surface area contributed by atoms with E-state index in [4.69, 9.17) is 11.5 Å². The third-order valence-corrected chi connectivity index (χ3v) is 4.78. The number of amides is 1. The maximum absolute atomic E-state index is 12.8. The van der Waals surface area contributed by atoms with E-state index in [1.54, 1.807) is 31.6 Å². The van der Waals surface area contributed by atoms with Crippen LogP contribution in [0.25, 0.3) is 5.57 Å². The minimum absolute atomic E-state index is 0.140. The second-order valence-corrected chi connectivity index (χ2v) is 7.32. The number of carbonyl (C=O) groups excluding carboxylic acids is 1. The van der Waals surface area contributed by atoms with Gasteiger partial charge in [-0.2, -0.15) is 0 Å². The third-order valence-electron chi connectivity index (χ3n) is 4.78. The third kappa shape index (κ3) is 5.00. The SMILES string of the molecule is CN=C/C(=C\N)c1cc(C(C)C)cc(C(C)NC(=O)c2cc(N)ccc2C)c1. The highest BCUT2D eigenvalue weighted by Crippen LogP contribution is 2.26. The van der Waals surface area contributed by atoms with Crippen LogP contribution in [0, 0.1) is 6.92 Å². The topological polar surface area (TPSA) is 93.5 Å². The molecule has 0 saturated heterocycles. The molecule has 2 aromatic carbocycles. The molecule has 2 aromatic rings. The lowest BCUT2D eigenvalue weighted by Gasteiger charge is -2.19. The molecule has 0 bridgehead atoms. The molecule has 0 radical (unpaired) electrons. The fourth-order valence-corrected chi connectivity index (χ4v) is 3.02. The average molecular weight is 379 g/mol. The number of nitrogens with one attached hydrogen (secondary N) is 1. The maximum atomic E-state index is 12.8. The van der Waals surface area contributed by atoms with Gasteiger partial charge in [-0.25, -0.2) is 0 Å². The molecule has 0 spiro atoms. The summed E-state index contributed by atoms with van der Waals surface area (Å²) in [6, 6.07) is 11.5. The lowest BCUT2D eigenvalue weighted by molar-refractivity contribution is 0.0939. The second kappa shape index (κ2) is 9.22. The minimum Gasteiger partial charge on any atom is -0.404 e. The van der Waals surface area contributed by atoms with Gasteiger partial charge in [0.2, 0.25) is 0 Å². The van der Waals surface area contributed by atoms with E-state index in [2.05, 4.69) is 36.3 Å². The van der Waals surface area contributed by atoms with Gasteiger partial charge >= 0.3 is 0 Å². The highest BCUT2D eigenvalue weighted by molar-refractivity contribution is 6.09. The summed E-state index contributed by atoms with van der Waals surface area (Å²) in [7, 11) is 1.72. The first kappa shape index (κ1) is 21.2. The zero-order valence-electron chi connectivity index (χ0n) is 17.3. The van der Waals surface area contributed by atoms with Gasteiger partial charge in [0.25, 0.3) is 5.91 Å². The van der Waals surface area contributed by atoms with E-state index in [0.29, 0.717) is 17.2 Å². The van der Waals surface area contributed by atoms with Crippen LogP contribution in [-0.4, -0.2) is 19.2 Å². The van der Waals surface area contributed by atoms with Crippen LogP contribution in [0.15, 0.2) is 47.6 Å². The van der Waals surface area contributed by atoms with Gasteiger partial charge in [0.1, 0.15) is 0 Å². The monoisotopic (exact) mass is 378 g/mol. The van der Waals surface area contributed by atoms with Gasteiger partial charge in [-0.05, 0) is 60.2 Å². The molecule has 0 aromatic heterocycles. The molecule has 148 valence electrons. The summed E-state index contributed by atoms with van der Waals surface area (Å²) in [4.78, 5) is 16.9. The standard InChI is InChI=1S/C23H30N4O/c1-14(2)17-8-18(10-19(9-17)20(12-24)13-26-5)16(4)27-23(28)22-11-21(25)7-6-15(22)3/h6-14,16H,24-25H2,1-5H3,(H,27,28)/b20-12+,26-13?. The second-order valence-electron chi connectivity index (χ2n) is 7.32. The van der Waals surface area contributed by atoms with Crippen molar-refractivity contribution >= 4 is 23.4 Å². The number of rotatable bonds is 6. The molecule has 5 N–H and O–H groups in total. The van der Waals surface area contributed by atoms with Crippen LogP contribution >= 0.6 is 0 Å². The lowest BCUT2D eigenvalue weighted by atomic mass is 9.92. The Bertz CT molecular complexity index is 913. The Hall–Kier alpha value is -3.08. The molecule has 0 aliphatic rings. The highest BCUT2D eigenvalue weighted by atomic mass is 16.1. The summed E-state index contributed by atoms with van der Waals surface area (Å²) in [5, 5.41) is 3.08. The van der Waals surface area contributed by atoms with E-state index in [1.807, 2.05) is 26.0 Å². The number of anilines is 1. The highest BCUT2D eigenvalue weighted by Gasteiger charge is 2.16. The van der Waals surface area contributed by atoms with Crippen LogP contribution in [0.2, 0.25) is 0 Å². The number of carbonyl (C=O) groups is 1. The molecule has 1 amide bonds. The first-order chi connectivity index (χ1) is 13.3. The molecule has 0 fully saturated rings. The predicted octanol–water partition coefficient (Wildman–Crippen LogP) is 4.19. The number of nitrogens with two attached hydrogens (primary N) is 2. The maximum Gasteiger partial charge on any atom is 0.252 e. The molecule has 5 nitrogen and oxygen atoms in total. The Morgan fingerprint density at radius 1 is 1.11 bits per heavy atom. The van der Waals surface area contributed by atoms with Crippen molar-refractivity contribution in [2.75, 3.05) is 12.8 Å². The predicted molar refractivity (Wildman–Crippen MR) is 119 cm³/mol. The fraction of sp³-hybridized carbons (Fsp3) is 0.304. The number of hydrogen-bond acceptors (Lipinski definition) is 4. The first-order valence-electron chi connectivity index (χ1n) is 9.43. The minimum atomic E-state index is -0.177. The number of allylic oxidation sites excluding steroid dienone is 1. The van der Waals surface area contributed by atoms with Crippen molar-refractivity contribution in [3.05, 3.63) is 70.4 Å². The van der Waals surface area contributed by atoms with Gasteiger partial charge < -0.3 is 16.8 Å². The van der Waals surface area contributed by atoms with Crippen molar-refractivity contribution in [2.45, 2.75) is 39.7 Å². The summed E-state index contributed by atoms with van der Waals surface area (Å²) in [5.41, 5.74) is 17.7. The van der Waals surface area contributed by atoms with E-state index in [0.717, 1.165) is 22.3 Å². The van der Waals surface area contributed by atoms with Crippen molar-refractivity contribution in [2.24, 2.45) is 10.7 Å². The Kier molecular flexibility index (Phi) is 6.99. The van der Waals surface area contributed by atoms with Crippen molar-refractivity contribution in [3.8, 4) is 0 Å². The van der Waals surface area contributed by atoms with Gasteiger partial charge in [0, 0.05) is 36.3 Å². The van der Waals surface area contributed by atoms with Crippen LogP contribution in [0.5, 0.6) is 0 Å². The van der Waals surface area contributed by atoms with Crippen LogP contribution in [0.3, 0.4) is 0 Å². The van der Waals surface area contributed by atoms with E-state index < -0.39 is 0 Å². The van der Waals surface area contributed by atoms with Crippen molar-refractivity contribution < 1.29 is 4.79 Å². The molecule has 1 atom stereocenters. The molecule has 5 heteroatoms. The van der Waals surface area contributed by atoms with E-state index >= 15 is 0 Å². The lowest BCUT2D eigenvalue weighted by Crippen LogP contribution is -2.27. The van der Waals surface area contributed by atoms with E-state index in [1.165, 1.54) is 5.56 Å². The van der Waals surface area contributed by atoms with Crippen LogP contribution in [-0.2, 0) is 0 Å².